The number of para-hydroxylation sites is 1. The maximum atomic E-state index is 12.2. The van der Waals surface area contributed by atoms with Crippen molar-refractivity contribution in [1.29, 1.82) is 0 Å². The van der Waals surface area contributed by atoms with Crippen molar-refractivity contribution in [3.8, 4) is 5.75 Å². The zero-order valence-corrected chi connectivity index (χ0v) is 10.7. The third-order valence-electron chi connectivity index (χ3n) is 3.09. The number of carbonyl (C=O) groups excluding carboxylic acids is 1. The molecule has 1 aromatic rings. The van der Waals surface area contributed by atoms with Crippen molar-refractivity contribution >= 4 is 5.91 Å². The molecule has 20 heavy (non-hydrogen) atoms. The van der Waals surface area contributed by atoms with Gasteiger partial charge in [0.2, 0.25) is 6.10 Å². The number of benzene rings is 1. The zero-order valence-electron chi connectivity index (χ0n) is 10.7. The monoisotopic (exact) mass is 289 g/mol. The molecule has 1 aliphatic rings. The molecule has 1 aliphatic heterocycles. The quantitative estimate of drug-likeness (QED) is 0.917. The van der Waals surface area contributed by atoms with Gasteiger partial charge in [-0.25, -0.2) is 0 Å². The van der Waals surface area contributed by atoms with Gasteiger partial charge in [0.15, 0.2) is 0 Å². The average Bonchev–Trinajstić information content (AvgIpc) is 2.32. The second kappa shape index (κ2) is 5.32. The Kier molecular flexibility index (Phi) is 3.89. The molecule has 1 amide bonds. The Morgan fingerprint density at radius 2 is 2.00 bits per heavy atom. The first-order chi connectivity index (χ1) is 9.29. The Balaban J connectivity index is 1.86. The van der Waals surface area contributed by atoms with E-state index < -0.39 is 18.2 Å². The summed E-state index contributed by atoms with van der Waals surface area (Å²) in [6.07, 6.45) is -8.23. The van der Waals surface area contributed by atoms with Crippen LogP contribution in [0.5, 0.6) is 5.75 Å². The molecule has 1 unspecified atom stereocenters. The van der Waals surface area contributed by atoms with E-state index in [9.17, 15) is 18.0 Å². The van der Waals surface area contributed by atoms with E-state index in [1.165, 1.54) is 0 Å². The first kappa shape index (κ1) is 14.6. The van der Waals surface area contributed by atoms with Gasteiger partial charge in [-0.3, -0.25) is 4.79 Å². The van der Waals surface area contributed by atoms with E-state index in [2.05, 4.69) is 0 Å². The third-order valence-corrected chi connectivity index (χ3v) is 3.09. The summed E-state index contributed by atoms with van der Waals surface area (Å²) in [5, 5.41) is 8.85. The molecule has 0 saturated carbocycles. The molecule has 0 aromatic heterocycles. The lowest BCUT2D eigenvalue weighted by molar-refractivity contribution is -0.214. The summed E-state index contributed by atoms with van der Waals surface area (Å²) in [5.74, 6) is -0.692. The van der Waals surface area contributed by atoms with Gasteiger partial charge in [-0.05, 0) is 18.6 Å². The highest BCUT2D eigenvalue weighted by Gasteiger charge is 2.48. The van der Waals surface area contributed by atoms with Crippen LogP contribution in [0.4, 0.5) is 13.2 Å². The standard InChI is InChI=1S/C13H14F3NO3/c1-8-4-2-3-5-10(8)20-9-6-17(7-9)12(19)11(18)13(14,15)16/h2-5,9,11,18H,6-7H2,1H3. The maximum absolute atomic E-state index is 12.2. The Labute approximate surface area is 113 Å². The smallest absolute Gasteiger partial charge is 0.423 e. The number of amides is 1. The molecule has 4 nitrogen and oxygen atoms in total. The normalized spacial score (nSPS) is 17.6. The number of aliphatic hydroxyl groups is 1. The second-order valence-electron chi connectivity index (χ2n) is 4.69. The lowest BCUT2D eigenvalue weighted by atomic mass is 10.1. The van der Waals surface area contributed by atoms with E-state index in [0.29, 0.717) is 5.75 Å². The topological polar surface area (TPSA) is 49.8 Å². The van der Waals surface area contributed by atoms with Crippen LogP contribution in [0.15, 0.2) is 24.3 Å². The molecule has 1 atom stereocenters. The van der Waals surface area contributed by atoms with Crippen LogP contribution in [-0.4, -0.2) is 47.4 Å². The Morgan fingerprint density at radius 1 is 1.40 bits per heavy atom. The van der Waals surface area contributed by atoms with Gasteiger partial charge in [0.1, 0.15) is 11.9 Å². The number of nitrogens with zero attached hydrogens (tertiary/aromatic N) is 1. The Morgan fingerprint density at radius 3 is 2.55 bits per heavy atom. The van der Waals surface area contributed by atoms with E-state index in [-0.39, 0.29) is 19.2 Å². The van der Waals surface area contributed by atoms with E-state index >= 15 is 0 Å². The van der Waals surface area contributed by atoms with E-state index in [4.69, 9.17) is 9.84 Å². The SMILES string of the molecule is Cc1ccccc1OC1CN(C(=O)C(O)C(F)(F)F)C1. The van der Waals surface area contributed by atoms with E-state index in [1.807, 2.05) is 19.1 Å². The van der Waals surface area contributed by atoms with Crippen LogP contribution in [0.2, 0.25) is 0 Å². The first-order valence-electron chi connectivity index (χ1n) is 6.05. The molecule has 1 aromatic carbocycles. The van der Waals surface area contributed by atoms with Gasteiger partial charge in [-0.15, -0.1) is 0 Å². The number of alkyl halides is 3. The number of hydrogen-bond donors (Lipinski definition) is 1. The number of likely N-dealkylation sites (tertiary alicyclic amines) is 1. The number of aliphatic hydroxyl groups excluding tert-OH is 1. The second-order valence-corrected chi connectivity index (χ2v) is 4.69. The average molecular weight is 289 g/mol. The predicted octanol–water partition coefficient (Wildman–Crippen LogP) is 1.51. The number of carbonyl (C=O) groups is 1. The van der Waals surface area contributed by atoms with Gasteiger partial charge in [-0.1, -0.05) is 18.2 Å². The largest absolute Gasteiger partial charge is 0.486 e. The molecule has 0 bridgehead atoms. The van der Waals surface area contributed by atoms with E-state index in [0.717, 1.165) is 10.5 Å². The molecular formula is C13H14F3NO3. The first-order valence-corrected chi connectivity index (χ1v) is 6.05. The summed E-state index contributed by atoms with van der Waals surface area (Å²) in [7, 11) is 0. The van der Waals surface area contributed by atoms with Crippen molar-refractivity contribution in [3.63, 3.8) is 0 Å². The van der Waals surface area contributed by atoms with Crippen molar-refractivity contribution < 1.29 is 27.8 Å². The van der Waals surface area contributed by atoms with Crippen LogP contribution in [0.3, 0.4) is 0 Å². The number of rotatable bonds is 3. The molecule has 0 spiro atoms. The Bertz CT molecular complexity index is 498. The van der Waals surface area contributed by atoms with Crippen LogP contribution < -0.4 is 4.74 Å². The minimum atomic E-state index is -4.93. The molecule has 2 rings (SSSR count). The molecule has 1 heterocycles. The molecule has 1 N–H and O–H groups in total. The molecule has 110 valence electrons. The minimum absolute atomic E-state index is 0.0420. The summed E-state index contributed by atoms with van der Waals surface area (Å²) in [6.45, 7) is 1.94. The van der Waals surface area contributed by atoms with Crippen molar-refractivity contribution in [2.24, 2.45) is 0 Å². The van der Waals surface area contributed by atoms with Gasteiger partial charge < -0.3 is 14.7 Å². The van der Waals surface area contributed by atoms with Crippen LogP contribution in [0.25, 0.3) is 0 Å². The molecule has 1 saturated heterocycles. The Hall–Kier alpha value is -1.76. The van der Waals surface area contributed by atoms with Gasteiger partial charge in [-0.2, -0.15) is 13.2 Å². The van der Waals surface area contributed by atoms with Crippen LogP contribution in [0, 0.1) is 6.92 Å². The minimum Gasteiger partial charge on any atom is -0.486 e. The van der Waals surface area contributed by atoms with Crippen LogP contribution >= 0.6 is 0 Å². The lowest BCUT2D eigenvalue weighted by Crippen LogP contribution is -2.60. The summed E-state index contributed by atoms with van der Waals surface area (Å²) >= 11 is 0. The highest BCUT2D eigenvalue weighted by molar-refractivity contribution is 5.82. The maximum Gasteiger partial charge on any atom is 0.423 e. The fourth-order valence-electron chi connectivity index (χ4n) is 1.87. The number of ether oxygens (including phenoxy) is 1. The van der Waals surface area contributed by atoms with Crippen molar-refractivity contribution in [3.05, 3.63) is 29.8 Å². The highest BCUT2D eigenvalue weighted by Crippen LogP contribution is 2.25. The summed E-state index contributed by atoms with van der Waals surface area (Å²) < 4.78 is 42.1. The van der Waals surface area contributed by atoms with Crippen molar-refractivity contribution in [2.75, 3.05) is 13.1 Å². The molecule has 0 radical (unpaired) electrons. The van der Waals surface area contributed by atoms with Gasteiger partial charge in [0.25, 0.3) is 5.91 Å². The van der Waals surface area contributed by atoms with Crippen LogP contribution in [0.1, 0.15) is 5.56 Å². The summed E-state index contributed by atoms with van der Waals surface area (Å²) in [4.78, 5) is 12.3. The van der Waals surface area contributed by atoms with Gasteiger partial charge >= 0.3 is 6.18 Å². The fraction of sp³-hybridized carbons (Fsp3) is 0.462. The predicted molar refractivity (Wildman–Crippen MR) is 64.2 cm³/mol. The van der Waals surface area contributed by atoms with Crippen molar-refractivity contribution in [1.82, 2.24) is 4.90 Å². The van der Waals surface area contributed by atoms with E-state index in [1.54, 1.807) is 12.1 Å². The number of aryl methyl sites for hydroxylation is 1. The van der Waals surface area contributed by atoms with Gasteiger partial charge in [0.05, 0.1) is 13.1 Å². The van der Waals surface area contributed by atoms with Crippen molar-refractivity contribution in [2.45, 2.75) is 25.3 Å². The zero-order chi connectivity index (χ0) is 14.9. The molecule has 0 aliphatic carbocycles. The fourth-order valence-corrected chi connectivity index (χ4v) is 1.87. The lowest BCUT2D eigenvalue weighted by Gasteiger charge is -2.40. The summed E-state index contributed by atoms with van der Waals surface area (Å²) in [5.41, 5.74) is 0.910. The molecule has 7 heteroatoms. The highest BCUT2D eigenvalue weighted by atomic mass is 19.4. The van der Waals surface area contributed by atoms with Crippen LogP contribution in [-0.2, 0) is 4.79 Å². The third kappa shape index (κ3) is 3.04. The van der Waals surface area contributed by atoms with Gasteiger partial charge in [0, 0.05) is 0 Å². The summed E-state index contributed by atoms with van der Waals surface area (Å²) in [6, 6.07) is 7.24. The number of hydrogen-bond acceptors (Lipinski definition) is 3. The number of halogens is 3. The molecule has 1 fully saturated rings. The molecular weight excluding hydrogens is 275 g/mol.